The lowest BCUT2D eigenvalue weighted by molar-refractivity contribution is -0.388. The van der Waals surface area contributed by atoms with E-state index in [1.54, 1.807) is 19.9 Å². The summed E-state index contributed by atoms with van der Waals surface area (Å²) in [7, 11) is 0. The number of carboxylic acid groups (broad SMARTS) is 1. The highest BCUT2D eigenvalue weighted by Crippen LogP contribution is 2.31. The van der Waals surface area contributed by atoms with Crippen molar-refractivity contribution in [1.29, 1.82) is 0 Å². The second-order valence-electron chi connectivity index (χ2n) is 3.56. The van der Waals surface area contributed by atoms with Crippen molar-refractivity contribution in [2.45, 2.75) is 30.5 Å². The van der Waals surface area contributed by atoms with Crippen LogP contribution < -0.4 is 0 Å². The predicted molar refractivity (Wildman–Crippen MR) is 63.2 cm³/mol. The number of aryl methyl sites for hydroxylation is 1. The van der Waals surface area contributed by atoms with Crippen molar-refractivity contribution < 1.29 is 14.8 Å². The van der Waals surface area contributed by atoms with Crippen LogP contribution in [0.5, 0.6) is 0 Å². The molecule has 1 unspecified atom stereocenters. The van der Waals surface area contributed by atoms with Crippen LogP contribution in [0.25, 0.3) is 0 Å². The minimum absolute atomic E-state index is 0.0581. The summed E-state index contributed by atoms with van der Waals surface area (Å²) in [5, 5.41) is 19.4. The SMILES string of the molecule is Cc1ccc([N+](=O)[O-])c(SC(C)CC(=O)O)n1. The lowest BCUT2D eigenvalue weighted by atomic mass is 10.3. The van der Waals surface area contributed by atoms with Crippen LogP contribution in [0.1, 0.15) is 19.0 Å². The van der Waals surface area contributed by atoms with E-state index in [2.05, 4.69) is 4.98 Å². The van der Waals surface area contributed by atoms with Crippen molar-refractivity contribution in [1.82, 2.24) is 4.98 Å². The molecule has 0 aliphatic carbocycles. The molecule has 0 amide bonds. The predicted octanol–water partition coefficient (Wildman–Crippen LogP) is 2.25. The van der Waals surface area contributed by atoms with Gasteiger partial charge in [0, 0.05) is 17.0 Å². The van der Waals surface area contributed by atoms with Gasteiger partial charge in [-0.05, 0) is 13.0 Å². The molecular formula is C10H12N2O4S. The van der Waals surface area contributed by atoms with Gasteiger partial charge in [0.15, 0.2) is 5.03 Å². The molecule has 0 saturated heterocycles. The molecule has 1 aromatic rings. The molecule has 0 aromatic carbocycles. The summed E-state index contributed by atoms with van der Waals surface area (Å²) < 4.78 is 0. The van der Waals surface area contributed by atoms with Gasteiger partial charge >= 0.3 is 11.7 Å². The molecule has 17 heavy (non-hydrogen) atoms. The van der Waals surface area contributed by atoms with E-state index in [1.807, 2.05) is 0 Å². The summed E-state index contributed by atoms with van der Waals surface area (Å²) in [5.41, 5.74) is 0.582. The molecule has 0 bridgehead atoms. The summed E-state index contributed by atoms with van der Waals surface area (Å²) in [5.74, 6) is -0.930. The molecule has 0 aliphatic rings. The molecule has 0 radical (unpaired) electrons. The normalized spacial score (nSPS) is 12.1. The fraction of sp³-hybridized carbons (Fsp3) is 0.400. The second-order valence-corrected chi connectivity index (χ2v) is 4.99. The van der Waals surface area contributed by atoms with Crippen LogP contribution in [-0.2, 0) is 4.79 Å². The van der Waals surface area contributed by atoms with Gasteiger partial charge in [0.1, 0.15) is 0 Å². The van der Waals surface area contributed by atoms with E-state index in [0.29, 0.717) is 5.69 Å². The minimum atomic E-state index is -0.930. The average Bonchev–Trinajstić information content (AvgIpc) is 2.15. The van der Waals surface area contributed by atoms with Gasteiger partial charge in [-0.3, -0.25) is 14.9 Å². The Bertz CT molecular complexity index is 450. The molecule has 6 nitrogen and oxygen atoms in total. The van der Waals surface area contributed by atoms with Crippen molar-refractivity contribution in [3.05, 3.63) is 27.9 Å². The molecule has 0 spiro atoms. The summed E-state index contributed by atoms with van der Waals surface area (Å²) in [4.78, 5) is 24.8. The van der Waals surface area contributed by atoms with E-state index in [9.17, 15) is 14.9 Å². The largest absolute Gasteiger partial charge is 0.481 e. The van der Waals surface area contributed by atoms with Gasteiger partial charge in [-0.2, -0.15) is 0 Å². The number of thioether (sulfide) groups is 1. The number of aromatic nitrogens is 1. The summed E-state index contributed by atoms with van der Waals surface area (Å²) in [6.07, 6.45) is -0.0581. The number of pyridine rings is 1. The van der Waals surface area contributed by atoms with E-state index in [0.717, 1.165) is 11.8 Å². The first-order valence-corrected chi connectivity index (χ1v) is 5.78. The second kappa shape index (κ2) is 5.62. The molecule has 7 heteroatoms. The Morgan fingerprint density at radius 1 is 1.65 bits per heavy atom. The van der Waals surface area contributed by atoms with Crippen LogP contribution in [0.4, 0.5) is 5.69 Å². The van der Waals surface area contributed by atoms with Crippen LogP contribution in [0.3, 0.4) is 0 Å². The Balaban J connectivity index is 2.92. The first kappa shape index (κ1) is 13.4. The number of aliphatic carboxylic acids is 1. The van der Waals surface area contributed by atoms with E-state index in [4.69, 9.17) is 5.11 Å². The van der Waals surface area contributed by atoms with Crippen molar-refractivity contribution in [3.8, 4) is 0 Å². The quantitative estimate of drug-likeness (QED) is 0.493. The molecule has 1 aromatic heterocycles. The highest BCUT2D eigenvalue weighted by molar-refractivity contribution is 8.00. The highest BCUT2D eigenvalue weighted by Gasteiger charge is 2.19. The van der Waals surface area contributed by atoms with E-state index in [1.165, 1.54) is 6.07 Å². The van der Waals surface area contributed by atoms with E-state index < -0.39 is 10.9 Å². The summed E-state index contributed by atoms with van der Waals surface area (Å²) in [6.45, 7) is 3.43. The Kier molecular flexibility index (Phi) is 4.45. The van der Waals surface area contributed by atoms with Crippen molar-refractivity contribution >= 4 is 23.4 Å². The minimum Gasteiger partial charge on any atom is -0.481 e. The van der Waals surface area contributed by atoms with Gasteiger partial charge in [-0.15, -0.1) is 0 Å². The lowest BCUT2D eigenvalue weighted by Gasteiger charge is -2.08. The van der Waals surface area contributed by atoms with Crippen LogP contribution in [-0.4, -0.2) is 26.2 Å². The van der Waals surface area contributed by atoms with E-state index in [-0.39, 0.29) is 22.4 Å². The number of nitrogens with zero attached hydrogens (tertiary/aromatic N) is 2. The third-order valence-electron chi connectivity index (χ3n) is 1.95. The standard InChI is InChI=1S/C10H12N2O4S/c1-6-3-4-8(12(15)16)10(11-6)17-7(2)5-9(13)14/h3-4,7H,5H2,1-2H3,(H,13,14). The Hall–Kier alpha value is -1.63. The maximum Gasteiger partial charge on any atom is 0.304 e. The first-order valence-electron chi connectivity index (χ1n) is 4.90. The third kappa shape index (κ3) is 4.03. The van der Waals surface area contributed by atoms with Gasteiger partial charge in [0.25, 0.3) is 0 Å². The monoisotopic (exact) mass is 256 g/mol. The molecule has 0 aliphatic heterocycles. The van der Waals surface area contributed by atoms with Crippen LogP contribution in [0.15, 0.2) is 17.2 Å². The Morgan fingerprint density at radius 3 is 2.82 bits per heavy atom. The van der Waals surface area contributed by atoms with Gasteiger partial charge in [-0.25, -0.2) is 4.98 Å². The van der Waals surface area contributed by atoms with Gasteiger partial charge in [0.2, 0.25) is 0 Å². The molecule has 1 rings (SSSR count). The number of carbonyl (C=O) groups is 1. The highest BCUT2D eigenvalue weighted by atomic mass is 32.2. The van der Waals surface area contributed by atoms with Gasteiger partial charge in [0.05, 0.1) is 11.3 Å². The topological polar surface area (TPSA) is 93.3 Å². The zero-order valence-electron chi connectivity index (χ0n) is 9.41. The molecule has 0 saturated carbocycles. The zero-order chi connectivity index (χ0) is 13.0. The molecule has 1 N–H and O–H groups in total. The first-order chi connectivity index (χ1) is 7.90. The summed E-state index contributed by atoms with van der Waals surface area (Å²) in [6, 6.07) is 2.95. The molecule has 0 fully saturated rings. The third-order valence-corrected chi connectivity index (χ3v) is 3.04. The Labute approximate surface area is 102 Å². The van der Waals surface area contributed by atoms with Gasteiger partial charge in [-0.1, -0.05) is 18.7 Å². The number of rotatable bonds is 5. The van der Waals surface area contributed by atoms with Gasteiger partial charge < -0.3 is 5.11 Å². The summed E-state index contributed by atoms with van der Waals surface area (Å²) >= 11 is 1.11. The number of carboxylic acids is 1. The fourth-order valence-electron chi connectivity index (χ4n) is 1.23. The molecule has 1 atom stereocenters. The molecule has 92 valence electrons. The Morgan fingerprint density at radius 2 is 2.29 bits per heavy atom. The fourth-order valence-corrected chi connectivity index (χ4v) is 2.30. The van der Waals surface area contributed by atoms with Crippen LogP contribution in [0, 0.1) is 17.0 Å². The zero-order valence-corrected chi connectivity index (χ0v) is 10.2. The molecular weight excluding hydrogens is 244 g/mol. The number of nitro groups is 1. The number of hydrogen-bond acceptors (Lipinski definition) is 5. The smallest absolute Gasteiger partial charge is 0.304 e. The van der Waals surface area contributed by atoms with Crippen LogP contribution >= 0.6 is 11.8 Å². The van der Waals surface area contributed by atoms with Crippen molar-refractivity contribution in [2.75, 3.05) is 0 Å². The van der Waals surface area contributed by atoms with Crippen LogP contribution in [0.2, 0.25) is 0 Å². The van der Waals surface area contributed by atoms with E-state index >= 15 is 0 Å². The number of hydrogen-bond donors (Lipinski definition) is 1. The molecule has 1 heterocycles. The maximum absolute atomic E-state index is 10.8. The van der Waals surface area contributed by atoms with Crippen molar-refractivity contribution in [3.63, 3.8) is 0 Å². The van der Waals surface area contributed by atoms with Crippen molar-refractivity contribution in [2.24, 2.45) is 0 Å². The maximum atomic E-state index is 10.8. The average molecular weight is 256 g/mol. The lowest BCUT2D eigenvalue weighted by Crippen LogP contribution is -2.06.